The van der Waals surface area contributed by atoms with Crippen LogP contribution in [0.15, 0.2) is 85.4 Å². The molecule has 0 aliphatic rings. The molecule has 1 N–H and O–H groups in total. The lowest BCUT2D eigenvalue weighted by molar-refractivity contribution is 0.125. The molecule has 1 nitrogen and oxygen atoms in total. The zero-order valence-corrected chi connectivity index (χ0v) is 13.4. The highest BCUT2D eigenvalue weighted by Crippen LogP contribution is 2.37. The maximum absolute atomic E-state index is 11.6. The third-order valence-electron chi connectivity index (χ3n) is 4.02. The predicted molar refractivity (Wildman–Crippen MR) is 96.5 cm³/mol. The fourth-order valence-corrected chi connectivity index (χ4v) is 2.86. The van der Waals surface area contributed by atoms with Crippen molar-refractivity contribution in [2.75, 3.05) is 0 Å². The fourth-order valence-electron chi connectivity index (χ4n) is 2.73. The lowest BCUT2D eigenvalue weighted by atomic mass is 9.80. The largest absolute Gasteiger partial charge is 0.376 e. The van der Waals surface area contributed by atoms with Gasteiger partial charge in [0.1, 0.15) is 5.60 Å². The van der Waals surface area contributed by atoms with Crippen molar-refractivity contribution < 1.29 is 5.11 Å². The van der Waals surface area contributed by atoms with Gasteiger partial charge in [-0.2, -0.15) is 0 Å². The minimum atomic E-state index is -1.23. The molecule has 3 aromatic carbocycles. The van der Waals surface area contributed by atoms with Crippen molar-refractivity contribution in [1.82, 2.24) is 0 Å². The summed E-state index contributed by atoms with van der Waals surface area (Å²) in [4.78, 5) is 0. The van der Waals surface area contributed by atoms with Crippen LogP contribution in [0.4, 0.5) is 0 Å². The van der Waals surface area contributed by atoms with Crippen LogP contribution in [-0.2, 0) is 5.60 Å². The van der Waals surface area contributed by atoms with Gasteiger partial charge >= 0.3 is 0 Å². The molecule has 23 heavy (non-hydrogen) atoms. The highest BCUT2D eigenvalue weighted by Gasteiger charge is 2.33. The van der Waals surface area contributed by atoms with E-state index in [0.29, 0.717) is 5.02 Å². The molecule has 114 valence electrons. The molecule has 1 atom stereocenters. The molecule has 0 amide bonds. The Hall–Kier alpha value is -2.35. The van der Waals surface area contributed by atoms with E-state index in [0.717, 1.165) is 22.3 Å². The summed E-state index contributed by atoms with van der Waals surface area (Å²) < 4.78 is 0. The standard InChI is InChI=1S/C21H17ClO/c1-2-16-8-10-18(11-9-16)21(23,17-6-4-3-5-7-17)19-12-14-20(22)15-13-19/h2-15,23H,1H2. The molecular weight excluding hydrogens is 304 g/mol. The lowest BCUT2D eigenvalue weighted by Gasteiger charge is -2.30. The summed E-state index contributed by atoms with van der Waals surface area (Å²) in [5.74, 6) is 0. The van der Waals surface area contributed by atoms with Crippen LogP contribution >= 0.6 is 11.6 Å². The SMILES string of the molecule is C=Cc1ccc(C(O)(c2ccccc2)c2ccc(Cl)cc2)cc1. The first kappa shape index (κ1) is 15.5. The first-order valence-electron chi connectivity index (χ1n) is 7.41. The summed E-state index contributed by atoms with van der Waals surface area (Å²) in [5.41, 5.74) is 2.18. The molecule has 0 heterocycles. The third kappa shape index (κ3) is 2.94. The smallest absolute Gasteiger partial charge is 0.140 e. The zero-order valence-electron chi connectivity index (χ0n) is 12.6. The van der Waals surface area contributed by atoms with Crippen LogP contribution < -0.4 is 0 Å². The number of rotatable bonds is 4. The molecule has 0 spiro atoms. The Morgan fingerprint density at radius 2 is 1.22 bits per heavy atom. The van der Waals surface area contributed by atoms with Gasteiger partial charge in [0.2, 0.25) is 0 Å². The first-order valence-corrected chi connectivity index (χ1v) is 7.79. The minimum Gasteiger partial charge on any atom is -0.376 e. The topological polar surface area (TPSA) is 20.2 Å². The fraction of sp³-hybridized carbons (Fsp3) is 0.0476. The van der Waals surface area contributed by atoms with Crippen molar-refractivity contribution in [2.45, 2.75) is 5.60 Å². The van der Waals surface area contributed by atoms with Gasteiger partial charge in [0.25, 0.3) is 0 Å². The second kappa shape index (κ2) is 6.41. The van der Waals surface area contributed by atoms with E-state index < -0.39 is 5.60 Å². The number of halogens is 1. The Balaban J connectivity index is 2.20. The van der Waals surface area contributed by atoms with Crippen LogP contribution in [0, 0.1) is 0 Å². The molecule has 3 rings (SSSR count). The normalized spacial score (nSPS) is 13.3. The van der Waals surface area contributed by atoms with Gasteiger partial charge in [-0.1, -0.05) is 91.0 Å². The Bertz CT molecular complexity index is 792. The van der Waals surface area contributed by atoms with E-state index in [-0.39, 0.29) is 0 Å². The summed E-state index contributed by atoms with van der Waals surface area (Å²) in [5, 5.41) is 12.3. The van der Waals surface area contributed by atoms with E-state index in [4.69, 9.17) is 11.6 Å². The summed E-state index contributed by atoms with van der Waals surface area (Å²) in [6, 6.07) is 24.7. The van der Waals surface area contributed by atoms with Gasteiger partial charge in [-0.25, -0.2) is 0 Å². The van der Waals surface area contributed by atoms with E-state index in [1.165, 1.54) is 0 Å². The Kier molecular flexibility index (Phi) is 4.33. The lowest BCUT2D eigenvalue weighted by Crippen LogP contribution is -2.28. The first-order chi connectivity index (χ1) is 11.1. The maximum Gasteiger partial charge on any atom is 0.140 e. The molecule has 3 aromatic rings. The Morgan fingerprint density at radius 1 is 0.739 bits per heavy atom. The average Bonchev–Trinajstić information content (AvgIpc) is 2.62. The number of hydrogen-bond acceptors (Lipinski definition) is 1. The van der Waals surface area contributed by atoms with E-state index >= 15 is 0 Å². The average molecular weight is 321 g/mol. The molecule has 0 radical (unpaired) electrons. The molecule has 0 fully saturated rings. The van der Waals surface area contributed by atoms with Crippen molar-refractivity contribution in [2.24, 2.45) is 0 Å². The quantitative estimate of drug-likeness (QED) is 0.649. The molecular formula is C21H17ClO. The maximum atomic E-state index is 11.6. The van der Waals surface area contributed by atoms with Crippen molar-refractivity contribution in [3.05, 3.63) is 113 Å². The van der Waals surface area contributed by atoms with Gasteiger partial charge in [0.05, 0.1) is 0 Å². The summed E-state index contributed by atoms with van der Waals surface area (Å²) in [6.45, 7) is 3.77. The van der Waals surface area contributed by atoms with Gasteiger partial charge < -0.3 is 5.11 Å². The second-order valence-corrected chi connectivity index (χ2v) is 5.85. The Labute approximate surface area is 141 Å². The van der Waals surface area contributed by atoms with Crippen molar-refractivity contribution in [3.63, 3.8) is 0 Å². The van der Waals surface area contributed by atoms with E-state index in [1.807, 2.05) is 66.7 Å². The molecule has 0 saturated carbocycles. The van der Waals surface area contributed by atoms with Crippen LogP contribution in [-0.4, -0.2) is 5.11 Å². The third-order valence-corrected chi connectivity index (χ3v) is 4.27. The molecule has 0 aliphatic carbocycles. The highest BCUT2D eigenvalue weighted by atomic mass is 35.5. The van der Waals surface area contributed by atoms with Crippen LogP contribution in [0.25, 0.3) is 6.08 Å². The van der Waals surface area contributed by atoms with Gasteiger partial charge in [-0.05, 0) is 34.4 Å². The molecule has 0 aliphatic heterocycles. The van der Waals surface area contributed by atoms with E-state index in [2.05, 4.69) is 6.58 Å². The Morgan fingerprint density at radius 3 is 1.74 bits per heavy atom. The molecule has 2 heteroatoms. The summed E-state index contributed by atoms with van der Waals surface area (Å²) >= 11 is 6.00. The summed E-state index contributed by atoms with van der Waals surface area (Å²) in [7, 11) is 0. The van der Waals surface area contributed by atoms with Crippen LogP contribution in [0.2, 0.25) is 5.02 Å². The monoisotopic (exact) mass is 320 g/mol. The molecule has 0 bridgehead atoms. The van der Waals surface area contributed by atoms with Crippen molar-refractivity contribution in [1.29, 1.82) is 0 Å². The molecule has 0 saturated heterocycles. The highest BCUT2D eigenvalue weighted by molar-refractivity contribution is 6.30. The van der Waals surface area contributed by atoms with Gasteiger partial charge in [0, 0.05) is 5.02 Å². The van der Waals surface area contributed by atoms with Gasteiger partial charge in [0.15, 0.2) is 0 Å². The number of hydrogen-bond donors (Lipinski definition) is 1. The van der Waals surface area contributed by atoms with E-state index in [9.17, 15) is 5.11 Å². The number of benzene rings is 3. The minimum absolute atomic E-state index is 0.645. The number of aliphatic hydroxyl groups is 1. The van der Waals surface area contributed by atoms with Crippen molar-refractivity contribution in [3.8, 4) is 0 Å². The van der Waals surface area contributed by atoms with Crippen LogP contribution in [0.1, 0.15) is 22.3 Å². The predicted octanol–water partition coefficient (Wildman–Crippen LogP) is 5.27. The van der Waals surface area contributed by atoms with E-state index in [1.54, 1.807) is 18.2 Å². The van der Waals surface area contributed by atoms with Gasteiger partial charge in [-0.15, -0.1) is 0 Å². The molecule has 1 unspecified atom stereocenters. The molecule has 0 aromatic heterocycles. The van der Waals surface area contributed by atoms with Crippen LogP contribution in [0.3, 0.4) is 0 Å². The van der Waals surface area contributed by atoms with Crippen molar-refractivity contribution >= 4 is 17.7 Å². The van der Waals surface area contributed by atoms with Gasteiger partial charge in [-0.3, -0.25) is 0 Å². The second-order valence-electron chi connectivity index (χ2n) is 5.41. The van der Waals surface area contributed by atoms with Crippen LogP contribution in [0.5, 0.6) is 0 Å². The zero-order chi connectivity index (χ0) is 16.3. The summed E-state index contributed by atoms with van der Waals surface area (Å²) in [6.07, 6.45) is 1.79.